The van der Waals surface area contributed by atoms with E-state index in [-0.39, 0.29) is 0 Å². The van der Waals surface area contributed by atoms with Crippen molar-refractivity contribution in [1.29, 1.82) is 0 Å². The number of aromatic nitrogens is 2. The molecule has 1 aromatic heterocycles. The normalized spacial score (nSPS) is 10.9. The van der Waals surface area contributed by atoms with Gasteiger partial charge in [0.1, 0.15) is 11.5 Å². The summed E-state index contributed by atoms with van der Waals surface area (Å²) in [6, 6.07) is 9.44. The zero-order chi connectivity index (χ0) is 9.80. The van der Waals surface area contributed by atoms with Crippen molar-refractivity contribution in [3.8, 4) is 0 Å². The Morgan fingerprint density at radius 3 is 2.57 bits per heavy atom. The van der Waals surface area contributed by atoms with Gasteiger partial charge in [-0.2, -0.15) is 10.2 Å². The minimum Gasteiger partial charge on any atom is -0.382 e. The molecule has 0 amide bonds. The first-order valence-electron chi connectivity index (χ1n) is 4.12. The minimum atomic E-state index is 0.421. The van der Waals surface area contributed by atoms with Crippen LogP contribution < -0.4 is 5.73 Å². The lowest BCUT2D eigenvalue weighted by Gasteiger charge is -1.89. The molecule has 5 heteroatoms. The molecule has 0 atom stereocenters. The fourth-order valence-electron chi connectivity index (χ4n) is 0.976. The van der Waals surface area contributed by atoms with Crippen LogP contribution in [0.15, 0.2) is 46.8 Å². The van der Waals surface area contributed by atoms with Crippen LogP contribution in [0.2, 0.25) is 0 Å². The van der Waals surface area contributed by atoms with E-state index >= 15 is 0 Å². The first kappa shape index (κ1) is 8.43. The third kappa shape index (κ3) is 1.77. The molecule has 1 aromatic carbocycles. The second-order valence-electron chi connectivity index (χ2n) is 2.70. The number of aromatic amines is 1. The van der Waals surface area contributed by atoms with Gasteiger partial charge in [0.2, 0.25) is 0 Å². The lowest BCUT2D eigenvalue weighted by atomic mass is 10.3. The van der Waals surface area contributed by atoms with Crippen LogP contribution in [0.3, 0.4) is 0 Å². The smallest absolute Gasteiger partial charge is 0.147 e. The average Bonchev–Trinajstić information content (AvgIpc) is 2.63. The minimum absolute atomic E-state index is 0.421. The Hall–Kier alpha value is -2.17. The van der Waals surface area contributed by atoms with E-state index in [9.17, 15) is 0 Å². The number of rotatable bonds is 2. The number of nitrogens with one attached hydrogen (secondary N) is 1. The topological polar surface area (TPSA) is 79.4 Å². The molecule has 0 unspecified atom stereocenters. The van der Waals surface area contributed by atoms with Gasteiger partial charge in [0.05, 0.1) is 11.9 Å². The maximum Gasteiger partial charge on any atom is 0.147 e. The van der Waals surface area contributed by atoms with Crippen molar-refractivity contribution in [3.63, 3.8) is 0 Å². The quantitative estimate of drug-likeness (QED) is 0.708. The van der Waals surface area contributed by atoms with Crippen LogP contribution in [0.1, 0.15) is 0 Å². The number of hydrogen-bond acceptors (Lipinski definition) is 4. The van der Waals surface area contributed by atoms with Crippen molar-refractivity contribution in [1.82, 2.24) is 10.2 Å². The van der Waals surface area contributed by atoms with Crippen LogP contribution in [-0.4, -0.2) is 10.2 Å². The van der Waals surface area contributed by atoms with Gasteiger partial charge in [-0.3, -0.25) is 5.10 Å². The summed E-state index contributed by atoms with van der Waals surface area (Å²) in [7, 11) is 0. The fraction of sp³-hybridized carbons (Fsp3) is 0. The number of azo groups is 1. The van der Waals surface area contributed by atoms with Crippen LogP contribution in [0.25, 0.3) is 0 Å². The molecular formula is C9H9N5. The standard InChI is InChI=1S/C9H9N5/c10-9-8(6-11-14-9)13-12-7-4-2-1-3-5-7/h1-6H,(H3,10,11,14)/b13-12+. The predicted molar refractivity (Wildman–Crippen MR) is 53.6 cm³/mol. The second kappa shape index (κ2) is 3.69. The summed E-state index contributed by atoms with van der Waals surface area (Å²) >= 11 is 0. The highest BCUT2D eigenvalue weighted by atomic mass is 15.2. The van der Waals surface area contributed by atoms with E-state index in [4.69, 9.17) is 5.73 Å². The van der Waals surface area contributed by atoms with Gasteiger partial charge < -0.3 is 5.73 Å². The van der Waals surface area contributed by atoms with Crippen molar-refractivity contribution < 1.29 is 0 Å². The SMILES string of the molecule is Nc1[nH]ncc1/N=N/c1ccccc1. The molecule has 5 nitrogen and oxygen atoms in total. The van der Waals surface area contributed by atoms with Crippen LogP contribution in [-0.2, 0) is 0 Å². The molecule has 0 bridgehead atoms. The molecule has 1 heterocycles. The van der Waals surface area contributed by atoms with Gasteiger partial charge in [-0.05, 0) is 12.1 Å². The van der Waals surface area contributed by atoms with Gasteiger partial charge >= 0.3 is 0 Å². The molecule has 14 heavy (non-hydrogen) atoms. The Balaban J connectivity index is 2.20. The summed E-state index contributed by atoms with van der Waals surface area (Å²) in [6.07, 6.45) is 1.53. The zero-order valence-electron chi connectivity index (χ0n) is 7.38. The summed E-state index contributed by atoms with van der Waals surface area (Å²) in [4.78, 5) is 0. The number of anilines is 1. The maximum atomic E-state index is 5.53. The Bertz CT molecular complexity index is 431. The highest BCUT2D eigenvalue weighted by molar-refractivity contribution is 5.55. The highest BCUT2D eigenvalue weighted by Gasteiger charge is 1.97. The van der Waals surface area contributed by atoms with E-state index in [0.29, 0.717) is 11.5 Å². The molecular weight excluding hydrogens is 178 g/mol. The largest absolute Gasteiger partial charge is 0.382 e. The Morgan fingerprint density at radius 2 is 1.93 bits per heavy atom. The molecule has 2 rings (SSSR count). The van der Waals surface area contributed by atoms with Crippen molar-refractivity contribution in [2.24, 2.45) is 10.2 Å². The number of nitrogens with two attached hydrogens (primary N) is 1. The second-order valence-corrected chi connectivity index (χ2v) is 2.70. The zero-order valence-corrected chi connectivity index (χ0v) is 7.38. The van der Waals surface area contributed by atoms with E-state index in [2.05, 4.69) is 20.4 Å². The molecule has 2 aromatic rings. The van der Waals surface area contributed by atoms with Crippen molar-refractivity contribution in [2.75, 3.05) is 5.73 Å². The Morgan fingerprint density at radius 1 is 1.14 bits per heavy atom. The number of H-pyrrole nitrogens is 1. The van der Waals surface area contributed by atoms with Gasteiger partial charge in [-0.1, -0.05) is 18.2 Å². The molecule has 0 spiro atoms. The van der Waals surface area contributed by atoms with Crippen LogP contribution in [0.4, 0.5) is 17.2 Å². The predicted octanol–water partition coefficient (Wildman–Crippen LogP) is 2.41. The third-order valence-corrected chi connectivity index (χ3v) is 1.68. The van der Waals surface area contributed by atoms with E-state index in [1.54, 1.807) is 0 Å². The molecule has 3 N–H and O–H groups in total. The van der Waals surface area contributed by atoms with Crippen LogP contribution in [0, 0.1) is 0 Å². The molecule has 0 aliphatic rings. The first-order chi connectivity index (χ1) is 6.86. The van der Waals surface area contributed by atoms with Crippen molar-refractivity contribution in [2.45, 2.75) is 0 Å². The van der Waals surface area contributed by atoms with Crippen molar-refractivity contribution >= 4 is 17.2 Å². The van der Waals surface area contributed by atoms with Crippen LogP contribution >= 0.6 is 0 Å². The maximum absolute atomic E-state index is 5.53. The summed E-state index contributed by atoms with van der Waals surface area (Å²) < 4.78 is 0. The lowest BCUT2D eigenvalue weighted by Crippen LogP contribution is -1.82. The summed E-state index contributed by atoms with van der Waals surface area (Å²) in [5.41, 5.74) is 6.87. The first-order valence-corrected chi connectivity index (χ1v) is 4.12. The molecule has 0 saturated carbocycles. The number of nitrogen functional groups attached to an aromatic ring is 1. The summed E-state index contributed by atoms with van der Waals surface area (Å²) in [6.45, 7) is 0. The van der Waals surface area contributed by atoms with E-state index in [1.807, 2.05) is 30.3 Å². The lowest BCUT2D eigenvalue weighted by molar-refractivity contribution is 1.10. The summed E-state index contributed by atoms with van der Waals surface area (Å²) in [5.74, 6) is 0.421. The Kier molecular flexibility index (Phi) is 2.22. The highest BCUT2D eigenvalue weighted by Crippen LogP contribution is 2.20. The molecule has 0 aliphatic heterocycles. The number of nitrogens with zero attached hydrogens (tertiary/aromatic N) is 3. The van der Waals surface area contributed by atoms with E-state index < -0.39 is 0 Å². The number of benzene rings is 1. The molecule has 70 valence electrons. The van der Waals surface area contributed by atoms with Crippen molar-refractivity contribution in [3.05, 3.63) is 36.5 Å². The molecule has 0 aliphatic carbocycles. The summed E-state index contributed by atoms with van der Waals surface area (Å²) in [5, 5.41) is 14.2. The van der Waals surface area contributed by atoms with Gasteiger partial charge in [-0.15, -0.1) is 5.11 Å². The van der Waals surface area contributed by atoms with Gasteiger partial charge in [0.25, 0.3) is 0 Å². The molecule has 0 saturated heterocycles. The van der Waals surface area contributed by atoms with E-state index in [0.717, 1.165) is 5.69 Å². The average molecular weight is 187 g/mol. The van der Waals surface area contributed by atoms with Gasteiger partial charge in [0, 0.05) is 0 Å². The van der Waals surface area contributed by atoms with Crippen LogP contribution in [0.5, 0.6) is 0 Å². The third-order valence-electron chi connectivity index (χ3n) is 1.68. The fourth-order valence-corrected chi connectivity index (χ4v) is 0.976. The molecule has 0 radical (unpaired) electrons. The Labute approximate surface area is 80.7 Å². The molecule has 0 fully saturated rings. The van der Waals surface area contributed by atoms with Gasteiger partial charge in [-0.25, -0.2) is 0 Å². The number of hydrogen-bond donors (Lipinski definition) is 2. The van der Waals surface area contributed by atoms with E-state index in [1.165, 1.54) is 6.20 Å². The monoisotopic (exact) mass is 187 g/mol. The van der Waals surface area contributed by atoms with Gasteiger partial charge in [0.15, 0.2) is 0 Å².